The molecule has 0 bridgehead atoms. The molecule has 1 aromatic carbocycles. The molecule has 0 saturated carbocycles. The smallest absolute Gasteiger partial charge is 0.322 e. The molecule has 5 heteroatoms. The molecule has 1 aliphatic heterocycles. The fraction of sp³-hybridized carbons (Fsp3) is 0.364. The Kier molecular flexibility index (Phi) is 2.96. The van der Waals surface area contributed by atoms with Gasteiger partial charge in [0.25, 0.3) is 0 Å². The minimum absolute atomic E-state index is 0.0266. The largest absolute Gasteiger partial charge is 0.497 e. The van der Waals surface area contributed by atoms with Gasteiger partial charge < -0.3 is 15.8 Å². The van der Waals surface area contributed by atoms with Gasteiger partial charge in [-0.2, -0.15) is 0 Å². The molecule has 0 aromatic heterocycles. The van der Waals surface area contributed by atoms with Crippen LogP contribution in [0.3, 0.4) is 0 Å². The SMILES string of the molecule is COc1cccc(N2CC(CN)NC2=O)c1. The first kappa shape index (κ1) is 10.8. The fourth-order valence-electron chi connectivity index (χ4n) is 1.74. The molecular weight excluding hydrogens is 206 g/mol. The Hall–Kier alpha value is -1.75. The van der Waals surface area contributed by atoms with E-state index in [0.717, 1.165) is 11.4 Å². The number of amides is 2. The van der Waals surface area contributed by atoms with Crippen molar-refractivity contribution in [2.75, 3.05) is 25.1 Å². The molecule has 1 saturated heterocycles. The van der Waals surface area contributed by atoms with Crippen molar-refractivity contribution in [2.24, 2.45) is 5.73 Å². The zero-order valence-electron chi connectivity index (χ0n) is 9.14. The Morgan fingerprint density at radius 3 is 3.06 bits per heavy atom. The Bertz CT molecular complexity index is 395. The van der Waals surface area contributed by atoms with E-state index in [1.807, 2.05) is 24.3 Å². The molecule has 5 nitrogen and oxygen atoms in total. The molecule has 1 aromatic rings. The van der Waals surface area contributed by atoms with E-state index in [1.54, 1.807) is 12.0 Å². The monoisotopic (exact) mass is 221 g/mol. The van der Waals surface area contributed by atoms with Crippen LogP contribution < -0.4 is 20.7 Å². The first-order valence-electron chi connectivity index (χ1n) is 5.16. The van der Waals surface area contributed by atoms with Gasteiger partial charge in [0, 0.05) is 24.8 Å². The Labute approximate surface area is 94.2 Å². The maximum absolute atomic E-state index is 11.7. The quantitative estimate of drug-likeness (QED) is 0.783. The first-order valence-corrected chi connectivity index (χ1v) is 5.16. The standard InChI is InChI=1S/C11H15N3O2/c1-16-10-4-2-3-9(5-10)14-7-8(6-12)13-11(14)15/h2-5,8H,6-7,12H2,1H3,(H,13,15). The van der Waals surface area contributed by atoms with Crippen LogP contribution in [-0.2, 0) is 0 Å². The summed E-state index contributed by atoms with van der Waals surface area (Å²) in [6.07, 6.45) is 0. The molecule has 1 aliphatic rings. The molecule has 16 heavy (non-hydrogen) atoms. The normalized spacial score (nSPS) is 19.8. The molecule has 86 valence electrons. The Balaban J connectivity index is 2.20. The zero-order chi connectivity index (χ0) is 11.5. The van der Waals surface area contributed by atoms with Gasteiger partial charge in [-0.05, 0) is 12.1 Å². The topological polar surface area (TPSA) is 67.6 Å². The van der Waals surface area contributed by atoms with Crippen LogP contribution in [0, 0.1) is 0 Å². The predicted molar refractivity (Wildman–Crippen MR) is 61.7 cm³/mol. The summed E-state index contributed by atoms with van der Waals surface area (Å²) in [5, 5.41) is 2.81. The summed E-state index contributed by atoms with van der Waals surface area (Å²) in [5.41, 5.74) is 6.35. The van der Waals surface area contributed by atoms with Crippen molar-refractivity contribution in [1.82, 2.24) is 5.32 Å². The number of hydrogen-bond acceptors (Lipinski definition) is 3. The van der Waals surface area contributed by atoms with Gasteiger partial charge in [0.1, 0.15) is 5.75 Å². The van der Waals surface area contributed by atoms with Gasteiger partial charge in [-0.25, -0.2) is 4.79 Å². The van der Waals surface area contributed by atoms with Crippen LogP contribution in [0.1, 0.15) is 0 Å². The third kappa shape index (κ3) is 1.94. The van der Waals surface area contributed by atoms with E-state index >= 15 is 0 Å². The van der Waals surface area contributed by atoms with E-state index in [9.17, 15) is 4.79 Å². The van der Waals surface area contributed by atoms with Gasteiger partial charge >= 0.3 is 6.03 Å². The lowest BCUT2D eigenvalue weighted by molar-refractivity contribution is 0.251. The van der Waals surface area contributed by atoms with Crippen molar-refractivity contribution in [1.29, 1.82) is 0 Å². The highest BCUT2D eigenvalue weighted by Crippen LogP contribution is 2.23. The third-order valence-corrected chi connectivity index (χ3v) is 2.63. The van der Waals surface area contributed by atoms with Gasteiger partial charge in [-0.15, -0.1) is 0 Å². The summed E-state index contributed by atoms with van der Waals surface area (Å²) in [6.45, 7) is 1.05. The number of methoxy groups -OCH3 is 1. The number of ether oxygens (including phenoxy) is 1. The highest BCUT2D eigenvalue weighted by molar-refractivity contribution is 5.94. The van der Waals surface area contributed by atoms with E-state index in [-0.39, 0.29) is 12.1 Å². The third-order valence-electron chi connectivity index (χ3n) is 2.63. The van der Waals surface area contributed by atoms with E-state index in [0.29, 0.717) is 13.1 Å². The molecule has 2 amide bonds. The summed E-state index contributed by atoms with van der Waals surface area (Å²) >= 11 is 0. The highest BCUT2D eigenvalue weighted by Gasteiger charge is 2.28. The van der Waals surface area contributed by atoms with Crippen LogP contribution in [0.4, 0.5) is 10.5 Å². The molecule has 1 unspecified atom stereocenters. The van der Waals surface area contributed by atoms with Crippen molar-refractivity contribution < 1.29 is 9.53 Å². The van der Waals surface area contributed by atoms with Crippen LogP contribution >= 0.6 is 0 Å². The Morgan fingerprint density at radius 1 is 1.62 bits per heavy atom. The minimum atomic E-state index is -0.108. The van der Waals surface area contributed by atoms with Crippen molar-refractivity contribution in [3.05, 3.63) is 24.3 Å². The molecule has 0 aliphatic carbocycles. The number of rotatable bonds is 3. The number of nitrogens with zero attached hydrogens (tertiary/aromatic N) is 1. The van der Waals surface area contributed by atoms with Crippen molar-refractivity contribution in [3.63, 3.8) is 0 Å². The summed E-state index contributed by atoms with van der Waals surface area (Å²) in [5.74, 6) is 0.737. The van der Waals surface area contributed by atoms with Gasteiger partial charge in [0.2, 0.25) is 0 Å². The van der Waals surface area contributed by atoms with E-state index in [2.05, 4.69) is 5.32 Å². The lowest BCUT2D eigenvalue weighted by Gasteiger charge is -2.15. The average molecular weight is 221 g/mol. The average Bonchev–Trinajstić information content (AvgIpc) is 2.71. The minimum Gasteiger partial charge on any atom is -0.497 e. The van der Waals surface area contributed by atoms with Crippen LogP contribution in [0.25, 0.3) is 0 Å². The molecule has 1 fully saturated rings. The number of nitrogens with two attached hydrogens (primary N) is 1. The second-order valence-corrected chi connectivity index (χ2v) is 3.69. The lowest BCUT2D eigenvalue weighted by Crippen LogP contribution is -2.33. The lowest BCUT2D eigenvalue weighted by atomic mass is 10.2. The van der Waals surface area contributed by atoms with Gasteiger partial charge in [0.15, 0.2) is 0 Å². The molecular formula is C11H15N3O2. The molecule has 1 atom stereocenters. The number of carbonyl (C=O) groups excluding carboxylic acids is 1. The van der Waals surface area contributed by atoms with Gasteiger partial charge in [0.05, 0.1) is 13.2 Å². The molecule has 0 spiro atoms. The predicted octanol–water partition coefficient (Wildman–Crippen LogP) is 0.552. The number of carbonyl (C=O) groups is 1. The maximum Gasteiger partial charge on any atom is 0.322 e. The molecule has 1 heterocycles. The second-order valence-electron chi connectivity index (χ2n) is 3.69. The van der Waals surface area contributed by atoms with Crippen LogP contribution in [0.2, 0.25) is 0 Å². The summed E-state index contributed by atoms with van der Waals surface area (Å²) < 4.78 is 5.12. The van der Waals surface area contributed by atoms with E-state index in [4.69, 9.17) is 10.5 Å². The zero-order valence-corrected chi connectivity index (χ0v) is 9.14. The van der Waals surface area contributed by atoms with Crippen LogP contribution in [-0.4, -0.2) is 32.3 Å². The van der Waals surface area contributed by atoms with E-state index in [1.165, 1.54) is 0 Å². The van der Waals surface area contributed by atoms with Crippen molar-refractivity contribution >= 4 is 11.7 Å². The summed E-state index contributed by atoms with van der Waals surface area (Å²) in [4.78, 5) is 13.3. The molecule has 2 rings (SSSR count). The second kappa shape index (κ2) is 4.40. The summed E-state index contributed by atoms with van der Waals surface area (Å²) in [6, 6.07) is 7.33. The summed E-state index contributed by atoms with van der Waals surface area (Å²) in [7, 11) is 1.60. The van der Waals surface area contributed by atoms with Crippen LogP contribution in [0.5, 0.6) is 5.75 Å². The number of anilines is 1. The van der Waals surface area contributed by atoms with Crippen molar-refractivity contribution in [2.45, 2.75) is 6.04 Å². The van der Waals surface area contributed by atoms with Crippen molar-refractivity contribution in [3.8, 4) is 5.75 Å². The number of hydrogen-bond donors (Lipinski definition) is 2. The number of nitrogens with one attached hydrogen (secondary N) is 1. The van der Waals surface area contributed by atoms with Gasteiger partial charge in [-0.3, -0.25) is 4.90 Å². The van der Waals surface area contributed by atoms with E-state index < -0.39 is 0 Å². The maximum atomic E-state index is 11.7. The number of benzene rings is 1. The molecule has 0 radical (unpaired) electrons. The fourth-order valence-corrected chi connectivity index (χ4v) is 1.74. The highest BCUT2D eigenvalue weighted by atomic mass is 16.5. The van der Waals surface area contributed by atoms with Crippen LogP contribution in [0.15, 0.2) is 24.3 Å². The molecule has 3 N–H and O–H groups in total. The first-order chi connectivity index (χ1) is 7.74. The number of urea groups is 1. The Morgan fingerprint density at radius 2 is 2.44 bits per heavy atom. The van der Waals surface area contributed by atoms with Gasteiger partial charge in [-0.1, -0.05) is 6.07 Å².